The summed E-state index contributed by atoms with van der Waals surface area (Å²) in [6.07, 6.45) is 3.52. The fraction of sp³-hybridized carbons (Fsp3) is 0.0400. The van der Waals surface area contributed by atoms with Gasteiger partial charge in [0.1, 0.15) is 0 Å². The largest absolute Gasteiger partial charge is 0.338 e. The van der Waals surface area contributed by atoms with Gasteiger partial charge in [-0.25, -0.2) is 0 Å². The monoisotopic (exact) mass is 396 g/mol. The number of hydrogen-bond acceptors (Lipinski definition) is 4. The molecule has 2 heterocycles. The molecule has 0 bridgehead atoms. The molecule has 0 unspecified atom stereocenters. The zero-order valence-corrected chi connectivity index (χ0v) is 16.8. The number of para-hydroxylation sites is 2. The van der Waals surface area contributed by atoms with Crippen LogP contribution in [0.1, 0.15) is 10.4 Å². The third kappa shape index (κ3) is 4.39. The number of carbonyl (C=O) groups is 1. The minimum Gasteiger partial charge on any atom is -0.338 e. The molecule has 0 N–H and O–H groups in total. The van der Waals surface area contributed by atoms with Gasteiger partial charge < -0.3 is 4.90 Å². The summed E-state index contributed by atoms with van der Waals surface area (Å²) in [6, 6.07) is 29.6. The van der Waals surface area contributed by atoms with E-state index in [0.717, 1.165) is 21.8 Å². The number of aromatic nitrogens is 1. The molecule has 0 radical (unpaired) electrons. The van der Waals surface area contributed by atoms with Crippen molar-refractivity contribution in [2.75, 3.05) is 11.9 Å². The number of benzene rings is 3. The molecule has 3 nitrogen and oxygen atoms in total. The molecule has 1 aliphatic rings. The quantitative estimate of drug-likeness (QED) is 0.299. The van der Waals surface area contributed by atoms with E-state index in [1.807, 2.05) is 80.0 Å². The zero-order chi connectivity index (χ0) is 20.1. The van der Waals surface area contributed by atoms with Crippen molar-refractivity contribution >= 4 is 34.1 Å². The molecule has 0 saturated carbocycles. The van der Waals surface area contributed by atoms with Crippen molar-refractivity contribution in [3.63, 3.8) is 0 Å². The van der Waals surface area contributed by atoms with Crippen LogP contribution in [0.2, 0.25) is 0 Å². The summed E-state index contributed by atoms with van der Waals surface area (Å²) < 4.78 is 0. The lowest BCUT2D eigenvalue weighted by atomic mass is 10.1. The van der Waals surface area contributed by atoms with Gasteiger partial charge in [-0.2, -0.15) is 0 Å². The molecule has 0 spiro atoms. The summed E-state index contributed by atoms with van der Waals surface area (Å²) >= 11 is 1.63. The number of anilines is 1. The molecule has 0 saturated heterocycles. The lowest BCUT2D eigenvalue weighted by Gasteiger charge is -2.12. The molecule has 1 aromatic heterocycles. The normalized spacial score (nSPS) is 13.7. The first kappa shape index (κ1) is 19.0. The SMILES string of the molecule is CN1C(=CC(=O)c2ccccc2)Sc2ccccc21.c1ccc2ncccc2c1. The highest BCUT2D eigenvalue weighted by Gasteiger charge is 2.22. The van der Waals surface area contributed by atoms with E-state index < -0.39 is 0 Å². The first-order chi connectivity index (χ1) is 14.2. The van der Waals surface area contributed by atoms with E-state index >= 15 is 0 Å². The van der Waals surface area contributed by atoms with Gasteiger partial charge in [-0.3, -0.25) is 9.78 Å². The van der Waals surface area contributed by atoms with Crippen molar-refractivity contribution in [3.8, 4) is 0 Å². The maximum absolute atomic E-state index is 12.2. The summed E-state index contributed by atoms with van der Waals surface area (Å²) in [7, 11) is 1.99. The van der Waals surface area contributed by atoms with Crippen LogP contribution < -0.4 is 4.90 Å². The van der Waals surface area contributed by atoms with Gasteiger partial charge >= 0.3 is 0 Å². The van der Waals surface area contributed by atoms with E-state index in [1.165, 1.54) is 10.3 Å². The summed E-state index contributed by atoms with van der Waals surface area (Å²) in [6.45, 7) is 0. The Hall–Kier alpha value is -3.37. The third-order valence-corrected chi connectivity index (χ3v) is 5.76. The molecule has 29 heavy (non-hydrogen) atoms. The molecule has 4 heteroatoms. The molecule has 4 aromatic rings. The zero-order valence-electron chi connectivity index (χ0n) is 16.0. The minimum atomic E-state index is 0.0442. The summed E-state index contributed by atoms with van der Waals surface area (Å²) in [4.78, 5) is 19.6. The number of hydrogen-bond donors (Lipinski definition) is 0. The van der Waals surface area contributed by atoms with Gasteiger partial charge in [0.15, 0.2) is 5.78 Å². The second-order valence-electron chi connectivity index (χ2n) is 6.54. The van der Waals surface area contributed by atoms with E-state index in [0.29, 0.717) is 0 Å². The van der Waals surface area contributed by atoms with Crippen LogP contribution >= 0.6 is 11.8 Å². The van der Waals surface area contributed by atoms with Crippen molar-refractivity contribution < 1.29 is 4.79 Å². The minimum absolute atomic E-state index is 0.0442. The highest BCUT2D eigenvalue weighted by Crippen LogP contribution is 2.44. The molecule has 3 aromatic carbocycles. The Morgan fingerprint density at radius 2 is 1.55 bits per heavy atom. The predicted octanol–water partition coefficient (Wildman–Crippen LogP) is 6.19. The lowest BCUT2D eigenvalue weighted by molar-refractivity contribution is 0.104. The van der Waals surface area contributed by atoms with Crippen molar-refractivity contribution in [2.24, 2.45) is 0 Å². The van der Waals surface area contributed by atoms with Gasteiger partial charge in [0.05, 0.1) is 16.2 Å². The smallest absolute Gasteiger partial charge is 0.188 e. The van der Waals surface area contributed by atoms with Gasteiger partial charge in [0.2, 0.25) is 0 Å². The van der Waals surface area contributed by atoms with Crippen molar-refractivity contribution in [1.82, 2.24) is 4.98 Å². The molecule has 0 atom stereocenters. The summed E-state index contributed by atoms with van der Waals surface area (Å²) in [5.41, 5.74) is 2.93. The first-order valence-electron chi connectivity index (χ1n) is 9.34. The molecule has 5 rings (SSSR count). The summed E-state index contributed by atoms with van der Waals surface area (Å²) in [5.74, 6) is 0.0442. The topological polar surface area (TPSA) is 33.2 Å². The van der Waals surface area contributed by atoms with Crippen LogP contribution in [-0.2, 0) is 0 Å². The van der Waals surface area contributed by atoms with E-state index in [-0.39, 0.29) is 5.78 Å². The first-order valence-corrected chi connectivity index (χ1v) is 10.2. The highest BCUT2D eigenvalue weighted by atomic mass is 32.2. The number of fused-ring (bicyclic) bond motifs is 2. The van der Waals surface area contributed by atoms with Crippen LogP contribution in [-0.4, -0.2) is 17.8 Å². The van der Waals surface area contributed by atoms with Crippen LogP contribution in [0.15, 0.2) is 113 Å². The molecular formula is C25H20N2OS. The Labute approximate surface area is 174 Å². The molecule has 0 fully saturated rings. The number of ketones is 1. The average Bonchev–Trinajstić information content (AvgIpc) is 3.10. The van der Waals surface area contributed by atoms with E-state index in [9.17, 15) is 4.79 Å². The maximum Gasteiger partial charge on any atom is 0.188 e. The molecule has 1 aliphatic heterocycles. The standard InChI is InChI=1S/C16H13NOS.C9H7N/c1-17-13-9-5-6-10-15(13)19-16(17)11-14(18)12-7-3-2-4-8-12;1-2-6-9-8(4-1)5-3-7-10-9/h2-11H,1H3;1-7H. The Kier molecular flexibility index (Phi) is 5.73. The number of pyridine rings is 1. The fourth-order valence-electron chi connectivity index (χ4n) is 3.06. The number of carbonyl (C=O) groups excluding carboxylic acids is 1. The van der Waals surface area contributed by atoms with Crippen LogP contribution in [0.3, 0.4) is 0 Å². The van der Waals surface area contributed by atoms with E-state index in [1.54, 1.807) is 17.8 Å². The Morgan fingerprint density at radius 1 is 0.862 bits per heavy atom. The highest BCUT2D eigenvalue weighted by molar-refractivity contribution is 8.03. The number of rotatable bonds is 2. The number of allylic oxidation sites excluding steroid dienone is 1. The van der Waals surface area contributed by atoms with Crippen molar-refractivity contribution in [3.05, 3.63) is 114 Å². The van der Waals surface area contributed by atoms with Gasteiger partial charge in [0, 0.05) is 35.2 Å². The van der Waals surface area contributed by atoms with Crippen LogP contribution in [0.25, 0.3) is 10.9 Å². The number of nitrogens with zero attached hydrogens (tertiary/aromatic N) is 2. The van der Waals surface area contributed by atoms with Crippen LogP contribution in [0.4, 0.5) is 5.69 Å². The van der Waals surface area contributed by atoms with Gasteiger partial charge in [-0.1, -0.05) is 78.5 Å². The lowest BCUT2D eigenvalue weighted by Crippen LogP contribution is -2.11. The Bertz CT molecular complexity index is 1110. The van der Waals surface area contributed by atoms with Crippen molar-refractivity contribution in [2.45, 2.75) is 4.90 Å². The van der Waals surface area contributed by atoms with Crippen LogP contribution in [0.5, 0.6) is 0 Å². The molecule has 142 valence electrons. The predicted molar refractivity (Wildman–Crippen MR) is 121 cm³/mol. The number of thioether (sulfide) groups is 1. The van der Waals surface area contributed by atoms with E-state index in [2.05, 4.69) is 34.1 Å². The maximum atomic E-state index is 12.2. The molecular weight excluding hydrogens is 376 g/mol. The third-order valence-electron chi connectivity index (χ3n) is 4.60. The van der Waals surface area contributed by atoms with Gasteiger partial charge in [0.25, 0.3) is 0 Å². The fourth-order valence-corrected chi connectivity index (χ4v) is 4.14. The van der Waals surface area contributed by atoms with Gasteiger partial charge in [-0.15, -0.1) is 0 Å². The van der Waals surface area contributed by atoms with Crippen LogP contribution in [0, 0.1) is 0 Å². The molecule has 0 aliphatic carbocycles. The average molecular weight is 397 g/mol. The second-order valence-corrected chi connectivity index (χ2v) is 7.60. The Balaban J connectivity index is 0.000000171. The molecule has 0 amide bonds. The van der Waals surface area contributed by atoms with Crippen molar-refractivity contribution in [1.29, 1.82) is 0 Å². The van der Waals surface area contributed by atoms with E-state index in [4.69, 9.17) is 0 Å². The second kappa shape index (κ2) is 8.76. The summed E-state index contributed by atoms with van der Waals surface area (Å²) in [5, 5.41) is 2.17. The Morgan fingerprint density at radius 3 is 2.34 bits per heavy atom. The van der Waals surface area contributed by atoms with Gasteiger partial charge in [-0.05, 0) is 24.3 Å².